The molecule has 1 amide bonds. The van der Waals surface area contributed by atoms with Gasteiger partial charge in [-0.3, -0.25) is 4.79 Å². The predicted molar refractivity (Wildman–Crippen MR) is 58.0 cm³/mol. The molecule has 1 rings (SSSR count). The van der Waals surface area contributed by atoms with Crippen LogP contribution in [0.4, 0.5) is 0 Å². The minimum absolute atomic E-state index is 0.0805. The van der Waals surface area contributed by atoms with Crippen LogP contribution in [0.1, 0.15) is 6.92 Å². The minimum Gasteiger partial charge on any atom is -0.379 e. The Bertz CT molecular complexity index is 257. The van der Waals surface area contributed by atoms with Crippen LogP contribution in [0.5, 0.6) is 0 Å². The van der Waals surface area contributed by atoms with Crippen molar-refractivity contribution in [1.29, 1.82) is 0 Å². The van der Waals surface area contributed by atoms with Crippen molar-refractivity contribution in [3.8, 4) is 0 Å². The van der Waals surface area contributed by atoms with Gasteiger partial charge in [0.15, 0.2) is 0 Å². The Hall–Kier alpha value is -0.390. The second-order valence-corrected chi connectivity index (χ2v) is 4.86. The molecule has 0 aromatic rings. The molecule has 80 valence electrons. The molecule has 1 saturated heterocycles. The number of nitrogens with one attached hydrogen (secondary N) is 1. The topological polar surface area (TPSA) is 64.3 Å². The summed E-state index contributed by atoms with van der Waals surface area (Å²) < 4.78 is 5.92. The van der Waals surface area contributed by atoms with Crippen LogP contribution in [-0.2, 0) is 9.53 Å². The van der Waals surface area contributed by atoms with Crippen LogP contribution in [0.2, 0.25) is 0 Å². The van der Waals surface area contributed by atoms with Crippen molar-refractivity contribution in [1.82, 2.24) is 5.32 Å². The minimum atomic E-state index is -0.609. The summed E-state index contributed by atoms with van der Waals surface area (Å²) in [6.45, 7) is 6.70. The molecule has 0 bridgehead atoms. The lowest BCUT2D eigenvalue weighted by Crippen LogP contribution is -2.50. The monoisotopic (exact) mass is 262 g/mol. The van der Waals surface area contributed by atoms with E-state index in [4.69, 9.17) is 10.5 Å². The summed E-state index contributed by atoms with van der Waals surface area (Å²) in [5.74, 6) is -0.0805. The summed E-state index contributed by atoms with van der Waals surface area (Å²) in [5.41, 5.74) is 5.19. The molecule has 0 radical (unpaired) electrons. The second-order valence-electron chi connectivity index (χ2n) is 3.74. The summed E-state index contributed by atoms with van der Waals surface area (Å²) >= 11 is 3.17. The number of ether oxygens (including phenoxy) is 1. The van der Waals surface area contributed by atoms with Gasteiger partial charge in [0.05, 0.1) is 18.6 Å². The van der Waals surface area contributed by atoms with Crippen molar-refractivity contribution in [2.45, 2.75) is 13.0 Å². The highest BCUT2D eigenvalue weighted by Crippen LogP contribution is 2.27. The molecule has 1 aliphatic rings. The van der Waals surface area contributed by atoms with Crippen molar-refractivity contribution in [2.75, 3.05) is 19.8 Å². The van der Waals surface area contributed by atoms with Crippen LogP contribution in [0.15, 0.2) is 11.1 Å². The van der Waals surface area contributed by atoms with Crippen LogP contribution in [-0.4, -0.2) is 31.7 Å². The molecular weight excluding hydrogens is 248 g/mol. The fourth-order valence-electron chi connectivity index (χ4n) is 1.30. The van der Waals surface area contributed by atoms with E-state index in [0.717, 1.165) is 4.48 Å². The molecule has 3 N–H and O–H groups in total. The van der Waals surface area contributed by atoms with Gasteiger partial charge in [-0.2, -0.15) is 0 Å². The summed E-state index contributed by atoms with van der Waals surface area (Å²) in [4.78, 5) is 11.7. The second kappa shape index (κ2) is 4.42. The summed E-state index contributed by atoms with van der Waals surface area (Å²) in [5, 5.41) is 2.75. The Morgan fingerprint density at radius 1 is 1.86 bits per heavy atom. The predicted octanol–water partition coefficient (Wildman–Crippen LogP) is 0.375. The average Bonchev–Trinajstić information content (AvgIpc) is 2.44. The molecule has 2 unspecified atom stereocenters. The van der Waals surface area contributed by atoms with Crippen molar-refractivity contribution in [2.24, 2.45) is 11.1 Å². The van der Waals surface area contributed by atoms with Gasteiger partial charge >= 0.3 is 0 Å². The van der Waals surface area contributed by atoms with Crippen LogP contribution >= 0.6 is 15.9 Å². The highest BCUT2D eigenvalue weighted by atomic mass is 79.9. The zero-order chi connectivity index (χ0) is 10.8. The van der Waals surface area contributed by atoms with Crippen LogP contribution < -0.4 is 11.1 Å². The van der Waals surface area contributed by atoms with Gasteiger partial charge < -0.3 is 15.8 Å². The standard InChI is InChI=1S/C9H15BrN2O2/c1-6(10)3-12-8(13)9(2)5-14-4-7(9)11/h7H,1,3-5,11H2,2H3,(H,12,13). The maximum atomic E-state index is 11.7. The lowest BCUT2D eigenvalue weighted by Gasteiger charge is -2.25. The maximum Gasteiger partial charge on any atom is 0.230 e. The molecule has 0 aliphatic carbocycles. The smallest absolute Gasteiger partial charge is 0.230 e. The normalized spacial score (nSPS) is 31.5. The van der Waals surface area contributed by atoms with Gasteiger partial charge in [-0.15, -0.1) is 0 Å². The molecule has 5 heteroatoms. The quantitative estimate of drug-likeness (QED) is 0.773. The van der Waals surface area contributed by atoms with Crippen LogP contribution in [0.3, 0.4) is 0 Å². The third-order valence-corrected chi connectivity index (χ3v) is 2.76. The summed E-state index contributed by atoms with van der Waals surface area (Å²) in [6, 6.07) is -0.230. The molecule has 2 atom stereocenters. The Kier molecular flexibility index (Phi) is 3.69. The molecule has 0 saturated carbocycles. The van der Waals surface area contributed by atoms with E-state index < -0.39 is 5.41 Å². The third kappa shape index (κ3) is 2.34. The van der Waals surface area contributed by atoms with Gasteiger partial charge in [-0.25, -0.2) is 0 Å². The maximum absolute atomic E-state index is 11.7. The molecule has 14 heavy (non-hydrogen) atoms. The molecular formula is C9H15BrN2O2. The average molecular weight is 263 g/mol. The van der Waals surface area contributed by atoms with Gasteiger partial charge in [0.25, 0.3) is 0 Å². The van der Waals surface area contributed by atoms with E-state index in [2.05, 4.69) is 27.8 Å². The lowest BCUT2D eigenvalue weighted by molar-refractivity contribution is -0.130. The zero-order valence-corrected chi connectivity index (χ0v) is 9.76. The van der Waals surface area contributed by atoms with Crippen molar-refractivity contribution in [3.05, 3.63) is 11.1 Å². The fourth-order valence-corrected chi connectivity index (χ4v) is 1.44. The van der Waals surface area contributed by atoms with Gasteiger partial charge in [0.1, 0.15) is 0 Å². The third-order valence-electron chi connectivity index (χ3n) is 2.48. The van der Waals surface area contributed by atoms with Crippen molar-refractivity contribution >= 4 is 21.8 Å². The molecule has 0 aromatic heterocycles. The van der Waals surface area contributed by atoms with Crippen molar-refractivity contribution < 1.29 is 9.53 Å². The fraction of sp³-hybridized carbons (Fsp3) is 0.667. The first-order valence-corrected chi connectivity index (χ1v) is 5.21. The van der Waals surface area contributed by atoms with E-state index in [1.807, 2.05) is 6.92 Å². The Morgan fingerprint density at radius 3 is 2.93 bits per heavy atom. The molecule has 1 heterocycles. The first kappa shape index (κ1) is 11.7. The zero-order valence-electron chi connectivity index (χ0n) is 8.18. The largest absolute Gasteiger partial charge is 0.379 e. The number of rotatable bonds is 3. The summed E-state index contributed by atoms with van der Waals surface area (Å²) in [6.07, 6.45) is 0. The molecule has 1 aliphatic heterocycles. The van der Waals surface area contributed by atoms with Crippen LogP contribution in [0, 0.1) is 5.41 Å². The number of hydrogen-bond acceptors (Lipinski definition) is 3. The number of nitrogens with two attached hydrogens (primary N) is 1. The first-order valence-electron chi connectivity index (χ1n) is 4.41. The number of halogens is 1. The Labute approximate surface area is 92.0 Å². The molecule has 1 fully saturated rings. The van der Waals surface area contributed by atoms with Crippen LogP contribution in [0.25, 0.3) is 0 Å². The van der Waals surface area contributed by atoms with E-state index in [-0.39, 0.29) is 11.9 Å². The first-order chi connectivity index (χ1) is 6.47. The highest BCUT2D eigenvalue weighted by Gasteiger charge is 2.44. The van der Waals surface area contributed by atoms with E-state index in [0.29, 0.717) is 19.8 Å². The van der Waals surface area contributed by atoms with E-state index in [1.165, 1.54) is 0 Å². The number of carbonyl (C=O) groups excluding carboxylic acids is 1. The SMILES string of the molecule is C=C(Br)CNC(=O)C1(C)COCC1N. The van der Waals surface area contributed by atoms with Gasteiger partial charge in [-0.05, 0) is 6.92 Å². The lowest BCUT2D eigenvalue weighted by atomic mass is 9.85. The van der Waals surface area contributed by atoms with E-state index in [1.54, 1.807) is 0 Å². The number of carbonyl (C=O) groups is 1. The number of amides is 1. The van der Waals surface area contributed by atoms with Gasteiger partial charge in [0, 0.05) is 17.1 Å². The van der Waals surface area contributed by atoms with Crippen molar-refractivity contribution in [3.63, 3.8) is 0 Å². The summed E-state index contributed by atoms with van der Waals surface area (Å²) in [7, 11) is 0. The van der Waals surface area contributed by atoms with Gasteiger partial charge in [-0.1, -0.05) is 22.5 Å². The Balaban J connectivity index is 2.54. The molecule has 4 nitrogen and oxygen atoms in total. The molecule has 0 aromatic carbocycles. The molecule has 0 spiro atoms. The van der Waals surface area contributed by atoms with E-state index in [9.17, 15) is 4.79 Å². The Morgan fingerprint density at radius 2 is 2.50 bits per heavy atom. The van der Waals surface area contributed by atoms with E-state index >= 15 is 0 Å². The number of hydrogen-bond donors (Lipinski definition) is 2. The highest BCUT2D eigenvalue weighted by molar-refractivity contribution is 9.11. The van der Waals surface area contributed by atoms with Gasteiger partial charge in [0.2, 0.25) is 5.91 Å².